The van der Waals surface area contributed by atoms with Crippen molar-refractivity contribution in [1.82, 2.24) is 0 Å². The molecule has 17 heavy (non-hydrogen) atoms. The molecular weight excluding hydrogens is 349 g/mol. The molecule has 0 spiro atoms. The predicted octanol–water partition coefficient (Wildman–Crippen LogP) is 2.41. The number of thioether (sulfide) groups is 1. The highest BCUT2D eigenvalue weighted by Crippen LogP contribution is 2.14. The summed E-state index contributed by atoms with van der Waals surface area (Å²) in [5.41, 5.74) is 6.94. The van der Waals surface area contributed by atoms with E-state index in [1.54, 1.807) is 18.7 Å². The first-order valence-corrected chi connectivity index (χ1v) is 7.61. The molecule has 0 heterocycles. The maximum atomic E-state index is 11.3. The lowest BCUT2D eigenvalue weighted by Crippen LogP contribution is -2.34. The molecule has 3 nitrogen and oxygen atoms in total. The van der Waals surface area contributed by atoms with Gasteiger partial charge in [0.25, 0.3) is 0 Å². The van der Waals surface area contributed by atoms with Crippen molar-refractivity contribution in [3.05, 3.63) is 33.4 Å². The number of ether oxygens (including phenoxy) is 1. The van der Waals surface area contributed by atoms with Crippen molar-refractivity contribution in [2.24, 2.45) is 5.73 Å². The standard InChI is InChI=1S/C12H16INO2S/c1-2-16-12(15)11(14)8-17-7-9-3-5-10(13)6-4-9/h3-6,11H,2,7-8,14H2,1H3. The highest BCUT2D eigenvalue weighted by atomic mass is 127. The third kappa shape index (κ3) is 5.74. The van der Waals surface area contributed by atoms with Gasteiger partial charge in [0.1, 0.15) is 6.04 Å². The van der Waals surface area contributed by atoms with Crippen LogP contribution in [0.5, 0.6) is 0 Å². The minimum Gasteiger partial charge on any atom is -0.465 e. The molecule has 94 valence electrons. The number of carbonyl (C=O) groups excluding carboxylic acids is 1. The third-order valence-electron chi connectivity index (χ3n) is 2.07. The Morgan fingerprint density at radius 3 is 2.71 bits per heavy atom. The van der Waals surface area contributed by atoms with Crippen LogP contribution in [0.2, 0.25) is 0 Å². The molecule has 1 aromatic rings. The van der Waals surface area contributed by atoms with Crippen LogP contribution >= 0.6 is 34.4 Å². The second-order valence-corrected chi connectivity index (χ2v) is 5.78. The molecule has 1 aromatic carbocycles. The first-order valence-electron chi connectivity index (χ1n) is 5.38. The van der Waals surface area contributed by atoms with E-state index >= 15 is 0 Å². The summed E-state index contributed by atoms with van der Waals surface area (Å²) in [5, 5.41) is 0. The molecule has 0 bridgehead atoms. The van der Waals surface area contributed by atoms with Crippen molar-refractivity contribution in [1.29, 1.82) is 0 Å². The zero-order valence-electron chi connectivity index (χ0n) is 9.69. The smallest absolute Gasteiger partial charge is 0.323 e. The van der Waals surface area contributed by atoms with Crippen molar-refractivity contribution in [3.63, 3.8) is 0 Å². The van der Waals surface area contributed by atoms with E-state index in [9.17, 15) is 4.79 Å². The quantitative estimate of drug-likeness (QED) is 0.622. The normalized spacial score (nSPS) is 12.2. The maximum absolute atomic E-state index is 11.3. The van der Waals surface area contributed by atoms with Crippen molar-refractivity contribution in [3.8, 4) is 0 Å². The first kappa shape index (κ1) is 14.8. The summed E-state index contributed by atoms with van der Waals surface area (Å²) in [5.74, 6) is 1.14. The van der Waals surface area contributed by atoms with Gasteiger partial charge in [-0.1, -0.05) is 12.1 Å². The van der Waals surface area contributed by atoms with E-state index in [1.807, 2.05) is 0 Å². The van der Waals surface area contributed by atoms with Crippen LogP contribution < -0.4 is 5.73 Å². The molecule has 0 amide bonds. The first-order chi connectivity index (χ1) is 8.13. The summed E-state index contributed by atoms with van der Waals surface area (Å²) in [4.78, 5) is 11.3. The Hall–Kier alpha value is -0.270. The van der Waals surface area contributed by atoms with Crippen molar-refractivity contribution in [2.45, 2.75) is 18.7 Å². The fraction of sp³-hybridized carbons (Fsp3) is 0.417. The van der Waals surface area contributed by atoms with Gasteiger partial charge < -0.3 is 10.5 Å². The number of nitrogens with two attached hydrogens (primary N) is 1. The van der Waals surface area contributed by atoms with Crippen LogP contribution in [0, 0.1) is 3.57 Å². The fourth-order valence-electron chi connectivity index (χ4n) is 1.20. The lowest BCUT2D eigenvalue weighted by Gasteiger charge is -2.09. The van der Waals surface area contributed by atoms with Crippen molar-refractivity contribution < 1.29 is 9.53 Å². The second-order valence-electron chi connectivity index (χ2n) is 3.50. The molecule has 0 radical (unpaired) electrons. The van der Waals surface area contributed by atoms with E-state index in [0.717, 1.165) is 5.75 Å². The molecule has 0 aliphatic heterocycles. The number of benzene rings is 1. The van der Waals surface area contributed by atoms with Crippen LogP contribution in [0.25, 0.3) is 0 Å². The molecule has 2 N–H and O–H groups in total. The Morgan fingerprint density at radius 2 is 2.12 bits per heavy atom. The second kappa shape index (κ2) is 7.94. The number of hydrogen-bond donors (Lipinski definition) is 1. The summed E-state index contributed by atoms with van der Waals surface area (Å²) in [7, 11) is 0. The summed E-state index contributed by atoms with van der Waals surface area (Å²) in [6.45, 7) is 2.16. The Labute approximate surface area is 120 Å². The number of esters is 1. The molecule has 0 aliphatic carbocycles. The summed E-state index contributed by atoms with van der Waals surface area (Å²) >= 11 is 3.92. The molecule has 0 aromatic heterocycles. The van der Waals surface area contributed by atoms with Gasteiger partial charge in [-0.3, -0.25) is 4.79 Å². The van der Waals surface area contributed by atoms with Gasteiger partial charge in [0, 0.05) is 15.1 Å². The van der Waals surface area contributed by atoms with E-state index in [-0.39, 0.29) is 5.97 Å². The van der Waals surface area contributed by atoms with Gasteiger partial charge in [-0.25, -0.2) is 0 Å². The minimum absolute atomic E-state index is 0.317. The van der Waals surface area contributed by atoms with Gasteiger partial charge in [0.15, 0.2) is 0 Å². The van der Waals surface area contributed by atoms with Gasteiger partial charge in [-0.2, -0.15) is 11.8 Å². The molecule has 1 unspecified atom stereocenters. The van der Waals surface area contributed by atoms with Crippen LogP contribution in [-0.2, 0) is 15.3 Å². The van der Waals surface area contributed by atoms with E-state index < -0.39 is 6.04 Å². The predicted molar refractivity (Wildman–Crippen MR) is 79.9 cm³/mol. The molecule has 5 heteroatoms. The number of rotatable bonds is 6. The van der Waals surface area contributed by atoms with Crippen LogP contribution in [0.4, 0.5) is 0 Å². The number of carbonyl (C=O) groups is 1. The van der Waals surface area contributed by atoms with Gasteiger partial charge >= 0.3 is 5.97 Å². The minimum atomic E-state index is -0.524. The average Bonchev–Trinajstić information content (AvgIpc) is 2.32. The average molecular weight is 365 g/mol. The molecule has 1 rings (SSSR count). The number of halogens is 1. The Balaban J connectivity index is 2.27. The van der Waals surface area contributed by atoms with E-state index in [1.165, 1.54) is 9.13 Å². The molecule has 0 saturated carbocycles. The lowest BCUT2D eigenvalue weighted by atomic mass is 10.2. The summed E-state index contributed by atoms with van der Waals surface area (Å²) in [6, 6.07) is 7.79. The topological polar surface area (TPSA) is 52.3 Å². The molecule has 1 atom stereocenters. The van der Waals surface area contributed by atoms with Gasteiger partial charge in [-0.15, -0.1) is 0 Å². The number of hydrogen-bond acceptors (Lipinski definition) is 4. The van der Waals surface area contributed by atoms with Crippen LogP contribution in [0.1, 0.15) is 12.5 Å². The van der Waals surface area contributed by atoms with Gasteiger partial charge in [-0.05, 0) is 47.2 Å². The molecule has 0 aliphatic rings. The van der Waals surface area contributed by atoms with E-state index in [4.69, 9.17) is 10.5 Å². The van der Waals surface area contributed by atoms with E-state index in [0.29, 0.717) is 12.4 Å². The van der Waals surface area contributed by atoms with Crippen LogP contribution in [0.15, 0.2) is 24.3 Å². The maximum Gasteiger partial charge on any atom is 0.323 e. The highest BCUT2D eigenvalue weighted by Gasteiger charge is 2.13. The Kier molecular flexibility index (Phi) is 6.91. The fourth-order valence-corrected chi connectivity index (χ4v) is 2.50. The SMILES string of the molecule is CCOC(=O)C(N)CSCc1ccc(I)cc1. The largest absolute Gasteiger partial charge is 0.465 e. The van der Waals surface area contributed by atoms with Crippen LogP contribution in [0.3, 0.4) is 0 Å². The zero-order chi connectivity index (χ0) is 12.7. The third-order valence-corrected chi connectivity index (χ3v) is 3.92. The molecule has 0 fully saturated rings. The van der Waals surface area contributed by atoms with Crippen molar-refractivity contribution in [2.75, 3.05) is 12.4 Å². The van der Waals surface area contributed by atoms with Gasteiger partial charge in [0.2, 0.25) is 0 Å². The van der Waals surface area contributed by atoms with Gasteiger partial charge in [0.05, 0.1) is 6.61 Å². The summed E-state index contributed by atoms with van der Waals surface area (Å²) in [6.07, 6.45) is 0. The lowest BCUT2D eigenvalue weighted by molar-refractivity contribution is -0.144. The van der Waals surface area contributed by atoms with Crippen molar-refractivity contribution >= 4 is 40.3 Å². The summed E-state index contributed by atoms with van der Waals surface area (Å²) < 4.78 is 6.07. The zero-order valence-corrected chi connectivity index (χ0v) is 12.7. The molecule has 0 saturated heterocycles. The molecular formula is C12H16INO2S. The monoisotopic (exact) mass is 365 g/mol. The van der Waals surface area contributed by atoms with Crippen LogP contribution in [-0.4, -0.2) is 24.4 Å². The highest BCUT2D eigenvalue weighted by molar-refractivity contribution is 14.1. The Morgan fingerprint density at radius 1 is 1.47 bits per heavy atom. The van der Waals surface area contributed by atoms with E-state index in [2.05, 4.69) is 46.9 Å². The Bertz CT molecular complexity index is 356.